The summed E-state index contributed by atoms with van der Waals surface area (Å²) in [6, 6.07) is 15.7. The van der Waals surface area contributed by atoms with E-state index in [9.17, 15) is 4.79 Å². The Hall–Kier alpha value is -2.31. The van der Waals surface area contributed by atoms with E-state index in [0.717, 1.165) is 17.1 Å². The highest BCUT2D eigenvalue weighted by molar-refractivity contribution is 8.26. The lowest BCUT2D eigenvalue weighted by Crippen LogP contribution is -2.17. The van der Waals surface area contributed by atoms with Gasteiger partial charge in [0.25, 0.3) is 5.91 Å². The second kappa shape index (κ2) is 8.80. The minimum Gasteiger partial charge on any atom is -0.490 e. The Kier molecular flexibility index (Phi) is 6.42. The van der Waals surface area contributed by atoms with Gasteiger partial charge in [-0.2, -0.15) is 0 Å². The third-order valence-electron chi connectivity index (χ3n) is 4.14. The van der Waals surface area contributed by atoms with Crippen molar-refractivity contribution in [1.82, 2.24) is 5.32 Å². The second-order valence-electron chi connectivity index (χ2n) is 7.40. The summed E-state index contributed by atoms with van der Waals surface area (Å²) in [5.41, 5.74) is 2.29. The van der Waals surface area contributed by atoms with E-state index in [0.29, 0.717) is 22.4 Å². The van der Waals surface area contributed by atoms with Gasteiger partial charge in [-0.05, 0) is 46.9 Å². The minimum atomic E-state index is -0.160. The van der Waals surface area contributed by atoms with Crippen LogP contribution in [-0.4, -0.2) is 23.4 Å². The summed E-state index contributed by atoms with van der Waals surface area (Å²) < 4.78 is 12.0. The van der Waals surface area contributed by atoms with Crippen LogP contribution >= 0.6 is 24.0 Å². The van der Waals surface area contributed by atoms with Gasteiger partial charge in [0.15, 0.2) is 0 Å². The topological polar surface area (TPSA) is 47.6 Å². The van der Waals surface area contributed by atoms with Crippen LogP contribution in [0.25, 0.3) is 6.08 Å². The molecule has 3 rings (SSSR count). The van der Waals surface area contributed by atoms with Crippen molar-refractivity contribution in [3.63, 3.8) is 0 Å². The molecule has 0 atom stereocenters. The summed E-state index contributed by atoms with van der Waals surface area (Å²) in [6.45, 7) is 7.44. The summed E-state index contributed by atoms with van der Waals surface area (Å²) in [7, 11) is 0. The van der Waals surface area contributed by atoms with Crippen LogP contribution < -0.4 is 14.8 Å². The van der Waals surface area contributed by atoms with Gasteiger partial charge in [0.05, 0.1) is 4.91 Å². The lowest BCUT2D eigenvalue weighted by atomic mass is 9.87. The van der Waals surface area contributed by atoms with Crippen molar-refractivity contribution >= 4 is 40.3 Å². The van der Waals surface area contributed by atoms with Crippen molar-refractivity contribution < 1.29 is 14.3 Å². The highest BCUT2D eigenvalue weighted by Gasteiger charge is 2.21. The zero-order valence-corrected chi connectivity index (χ0v) is 17.8. The summed E-state index contributed by atoms with van der Waals surface area (Å²) >= 11 is 6.27. The van der Waals surface area contributed by atoms with Crippen LogP contribution in [0, 0.1) is 0 Å². The van der Waals surface area contributed by atoms with Crippen molar-refractivity contribution in [2.45, 2.75) is 26.2 Å². The Morgan fingerprint density at radius 3 is 2.32 bits per heavy atom. The van der Waals surface area contributed by atoms with Crippen LogP contribution in [0.5, 0.6) is 11.5 Å². The van der Waals surface area contributed by atoms with Crippen LogP contribution in [0.1, 0.15) is 31.9 Å². The molecule has 1 aliphatic heterocycles. The van der Waals surface area contributed by atoms with Gasteiger partial charge in [-0.25, -0.2) is 0 Å². The molecule has 1 amide bonds. The van der Waals surface area contributed by atoms with E-state index >= 15 is 0 Å². The third-order valence-corrected chi connectivity index (χ3v) is 5.30. The first-order valence-corrected chi connectivity index (χ1v) is 10.2. The minimum absolute atomic E-state index is 0.130. The molecule has 146 valence electrons. The summed E-state index contributed by atoms with van der Waals surface area (Å²) in [5, 5.41) is 2.61. The van der Waals surface area contributed by atoms with E-state index in [-0.39, 0.29) is 11.3 Å². The summed E-state index contributed by atoms with van der Waals surface area (Å²) in [6.07, 6.45) is 1.80. The van der Waals surface area contributed by atoms with Crippen LogP contribution in [0.4, 0.5) is 0 Å². The number of thioether (sulfide) groups is 1. The maximum atomic E-state index is 11.8. The Bertz CT molecular complexity index is 899. The molecule has 1 heterocycles. The van der Waals surface area contributed by atoms with Crippen molar-refractivity contribution in [2.24, 2.45) is 0 Å². The molecule has 2 aromatic rings. The number of carbonyl (C=O) groups excluding carboxylic acids is 1. The maximum Gasteiger partial charge on any atom is 0.263 e. The average molecular weight is 414 g/mol. The molecule has 0 bridgehead atoms. The van der Waals surface area contributed by atoms with E-state index in [1.54, 1.807) is 6.08 Å². The SMILES string of the molecule is CC(C)(C)c1ccc(OCCOc2cccc(C=C3SC(=S)NC3=O)c2)cc1. The molecule has 28 heavy (non-hydrogen) atoms. The summed E-state index contributed by atoms with van der Waals surface area (Å²) in [5.74, 6) is 1.40. The number of thiocarbonyl (C=S) groups is 1. The molecule has 0 spiro atoms. The molecule has 0 aromatic heterocycles. The third kappa shape index (κ3) is 5.59. The average Bonchev–Trinajstić information content (AvgIpc) is 2.96. The molecule has 2 aromatic carbocycles. The quantitative estimate of drug-likeness (QED) is 0.413. The van der Waals surface area contributed by atoms with E-state index < -0.39 is 0 Å². The molecule has 1 fully saturated rings. The first kappa shape index (κ1) is 20.4. The zero-order valence-electron chi connectivity index (χ0n) is 16.2. The molecule has 1 aliphatic rings. The van der Waals surface area contributed by atoms with Gasteiger partial charge in [0, 0.05) is 0 Å². The number of ether oxygens (including phenoxy) is 2. The largest absolute Gasteiger partial charge is 0.490 e. The lowest BCUT2D eigenvalue weighted by molar-refractivity contribution is -0.115. The normalized spacial score (nSPS) is 15.6. The van der Waals surface area contributed by atoms with Gasteiger partial charge in [0.2, 0.25) is 0 Å². The fraction of sp³-hybridized carbons (Fsp3) is 0.273. The number of hydrogen-bond donors (Lipinski definition) is 1. The molecule has 4 nitrogen and oxygen atoms in total. The molecule has 0 aliphatic carbocycles. The number of amides is 1. The fourth-order valence-corrected chi connectivity index (χ4v) is 3.68. The number of hydrogen-bond acceptors (Lipinski definition) is 5. The monoisotopic (exact) mass is 413 g/mol. The molecule has 0 saturated carbocycles. The van der Waals surface area contributed by atoms with Gasteiger partial charge in [-0.15, -0.1) is 0 Å². The van der Waals surface area contributed by atoms with Gasteiger partial charge in [0.1, 0.15) is 29.0 Å². The fourth-order valence-electron chi connectivity index (χ4n) is 2.64. The smallest absolute Gasteiger partial charge is 0.263 e. The Morgan fingerprint density at radius 2 is 1.71 bits per heavy atom. The summed E-state index contributed by atoms with van der Waals surface area (Å²) in [4.78, 5) is 12.3. The van der Waals surface area contributed by atoms with Crippen molar-refractivity contribution in [2.75, 3.05) is 13.2 Å². The van der Waals surface area contributed by atoms with Gasteiger partial charge in [-0.1, -0.05) is 69.0 Å². The number of carbonyl (C=O) groups is 1. The predicted molar refractivity (Wildman–Crippen MR) is 119 cm³/mol. The van der Waals surface area contributed by atoms with E-state index in [4.69, 9.17) is 21.7 Å². The Labute approximate surface area is 175 Å². The predicted octanol–water partition coefficient (Wildman–Crippen LogP) is 4.93. The Morgan fingerprint density at radius 1 is 1.04 bits per heavy atom. The van der Waals surface area contributed by atoms with Crippen LogP contribution in [-0.2, 0) is 10.2 Å². The first-order chi connectivity index (χ1) is 13.3. The van der Waals surface area contributed by atoms with Crippen LogP contribution in [0.15, 0.2) is 53.4 Å². The molecule has 1 N–H and O–H groups in total. The number of benzene rings is 2. The molecular formula is C22H23NO3S2. The molecule has 0 radical (unpaired) electrons. The zero-order chi connectivity index (χ0) is 20.1. The maximum absolute atomic E-state index is 11.8. The highest BCUT2D eigenvalue weighted by atomic mass is 32.2. The van der Waals surface area contributed by atoms with Crippen LogP contribution in [0.3, 0.4) is 0 Å². The van der Waals surface area contributed by atoms with Gasteiger partial charge in [-0.3, -0.25) is 4.79 Å². The molecule has 0 unspecified atom stereocenters. The van der Waals surface area contributed by atoms with Crippen molar-refractivity contribution in [3.8, 4) is 11.5 Å². The highest BCUT2D eigenvalue weighted by Crippen LogP contribution is 2.27. The van der Waals surface area contributed by atoms with Crippen LogP contribution in [0.2, 0.25) is 0 Å². The van der Waals surface area contributed by atoms with Crippen molar-refractivity contribution in [1.29, 1.82) is 0 Å². The van der Waals surface area contributed by atoms with E-state index in [2.05, 4.69) is 38.2 Å². The van der Waals surface area contributed by atoms with Gasteiger partial charge >= 0.3 is 0 Å². The van der Waals surface area contributed by atoms with Crippen molar-refractivity contribution in [3.05, 3.63) is 64.6 Å². The Balaban J connectivity index is 1.51. The molecule has 1 saturated heterocycles. The van der Waals surface area contributed by atoms with E-state index in [1.165, 1.54) is 17.3 Å². The number of rotatable bonds is 6. The number of nitrogens with one attached hydrogen (secondary N) is 1. The molecule has 6 heteroatoms. The van der Waals surface area contributed by atoms with E-state index in [1.807, 2.05) is 36.4 Å². The van der Waals surface area contributed by atoms with Gasteiger partial charge < -0.3 is 14.8 Å². The first-order valence-electron chi connectivity index (χ1n) is 9.02. The second-order valence-corrected chi connectivity index (χ2v) is 9.11. The molecular weight excluding hydrogens is 390 g/mol. The lowest BCUT2D eigenvalue weighted by Gasteiger charge is -2.19. The standard InChI is InChI=1S/C22H23NO3S2/c1-22(2,3)16-7-9-17(10-8-16)25-11-12-26-18-6-4-5-15(13-18)14-19-20(24)23-21(27)28-19/h4-10,13-14H,11-12H2,1-3H3,(H,23,24,27).